The van der Waals surface area contributed by atoms with Gasteiger partial charge < -0.3 is 0 Å². The average molecular weight is 343 g/mol. The van der Waals surface area contributed by atoms with E-state index in [1.807, 2.05) is 24.3 Å². The highest BCUT2D eigenvalue weighted by atomic mass is 32.1. The molecule has 1 aromatic heterocycles. The van der Waals surface area contributed by atoms with Crippen LogP contribution in [0.2, 0.25) is 0 Å². The van der Waals surface area contributed by atoms with E-state index in [4.69, 9.17) is 0 Å². The molecule has 1 aromatic carbocycles. The van der Waals surface area contributed by atoms with E-state index < -0.39 is 0 Å². The molecular formula is C20H26N2OS. The summed E-state index contributed by atoms with van der Waals surface area (Å²) >= 11 is 1.53. The van der Waals surface area contributed by atoms with Crippen LogP contribution in [0.15, 0.2) is 29.6 Å². The van der Waals surface area contributed by atoms with Crippen molar-refractivity contribution in [2.45, 2.75) is 64.2 Å². The molecule has 1 saturated carbocycles. The summed E-state index contributed by atoms with van der Waals surface area (Å²) in [6.45, 7) is 6.51. The van der Waals surface area contributed by atoms with Crippen LogP contribution < -0.4 is 5.32 Å². The van der Waals surface area contributed by atoms with Crippen molar-refractivity contribution in [2.75, 3.05) is 5.32 Å². The Morgan fingerprint density at radius 2 is 1.79 bits per heavy atom. The van der Waals surface area contributed by atoms with Gasteiger partial charge in [0.15, 0.2) is 5.13 Å². The van der Waals surface area contributed by atoms with Crippen LogP contribution in [-0.4, -0.2) is 10.9 Å². The minimum atomic E-state index is -0.0833. The molecule has 4 heteroatoms. The first kappa shape index (κ1) is 17.2. The van der Waals surface area contributed by atoms with Gasteiger partial charge in [-0.25, -0.2) is 4.98 Å². The minimum Gasteiger partial charge on any atom is -0.298 e. The zero-order valence-electron chi connectivity index (χ0n) is 14.8. The van der Waals surface area contributed by atoms with Gasteiger partial charge in [0.25, 0.3) is 5.91 Å². The fraction of sp³-hybridized carbons (Fsp3) is 0.500. The van der Waals surface area contributed by atoms with Gasteiger partial charge >= 0.3 is 0 Å². The fourth-order valence-corrected chi connectivity index (χ4v) is 4.01. The van der Waals surface area contributed by atoms with Crippen LogP contribution in [-0.2, 0) is 5.41 Å². The molecule has 0 unspecified atom stereocenters. The van der Waals surface area contributed by atoms with Crippen molar-refractivity contribution < 1.29 is 4.79 Å². The van der Waals surface area contributed by atoms with Crippen LogP contribution in [0.25, 0.3) is 0 Å². The first-order valence-corrected chi connectivity index (χ1v) is 9.69. The average Bonchev–Trinajstić information content (AvgIpc) is 3.03. The van der Waals surface area contributed by atoms with Gasteiger partial charge in [-0.2, -0.15) is 0 Å². The molecule has 1 fully saturated rings. The molecule has 0 saturated heterocycles. The van der Waals surface area contributed by atoms with E-state index in [1.165, 1.54) is 49.0 Å². The van der Waals surface area contributed by atoms with Gasteiger partial charge in [0.2, 0.25) is 0 Å². The summed E-state index contributed by atoms with van der Waals surface area (Å²) in [5.41, 5.74) is 3.16. The maximum atomic E-state index is 12.4. The third-order valence-corrected chi connectivity index (χ3v) is 5.55. The van der Waals surface area contributed by atoms with Gasteiger partial charge in [-0.05, 0) is 36.0 Å². The third kappa shape index (κ3) is 4.04. The van der Waals surface area contributed by atoms with E-state index in [2.05, 4.69) is 36.5 Å². The number of aromatic nitrogens is 1. The van der Waals surface area contributed by atoms with Gasteiger partial charge in [0.1, 0.15) is 0 Å². The second-order valence-corrected chi connectivity index (χ2v) is 8.55. The highest BCUT2D eigenvalue weighted by Crippen LogP contribution is 2.34. The molecule has 1 N–H and O–H groups in total. The molecule has 0 bridgehead atoms. The number of carbonyl (C=O) groups excluding carboxylic acids is 1. The van der Waals surface area contributed by atoms with Gasteiger partial charge in [-0.1, -0.05) is 52.2 Å². The summed E-state index contributed by atoms with van der Waals surface area (Å²) in [6, 6.07) is 7.85. The summed E-state index contributed by atoms with van der Waals surface area (Å²) in [5, 5.41) is 5.76. The number of nitrogens with one attached hydrogen (secondary N) is 1. The largest absolute Gasteiger partial charge is 0.298 e. The van der Waals surface area contributed by atoms with E-state index in [9.17, 15) is 4.79 Å². The molecule has 1 aliphatic carbocycles. The molecule has 2 aromatic rings. The van der Waals surface area contributed by atoms with E-state index in [1.54, 1.807) is 0 Å². The molecule has 0 aliphatic heterocycles. The summed E-state index contributed by atoms with van der Waals surface area (Å²) in [6.07, 6.45) is 6.39. The Morgan fingerprint density at radius 3 is 2.42 bits per heavy atom. The Labute approximate surface area is 148 Å². The molecule has 3 rings (SSSR count). The quantitative estimate of drug-likeness (QED) is 0.772. The number of benzene rings is 1. The van der Waals surface area contributed by atoms with Crippen LogP contribution in [0, 0.1) is 0 Å². The fourth-order valence-electron chi connectivity index (χ4n) is 3.22. The third-order valence-electron chi connectivity index (χ3n) is 4.78. The smallest absolute Gasteiger partial charge is 0.257 e. The van der Waals surface area contributed by atoms with Crippen molar-refractivity contribution >= 4 is 22.4 Å². The number of carbonyl (C=O) groups is 1. The van der Waals surface area contributed by atoms with Gasteiger partial charge in [0, 0.05) is 16.9 Å². The monoisotopic (exact) mass is 342 g/mol. The second kappa shape index (κ2) is 7.06. The zero-order chi connectivity index (χ0) is 17.2. The number of thiazole rings is 1. The maximum Gasteiger partial charge on any atom is 0.257 e. The lowest BCUT2D eigenvalue weighted by molar-refractivity contribution is 0.102. The lowest BCUT2D eigenvalue weighted by atomic mass is 9.87. The second-order valence-electron chi connectivity index (χ2n) is 7.69. The lowest BCUT2D eigenvalue weighted by Gasteiger charge is -2.19. The highest BCUT2D eigenvalue weighted by molar-refractivity contribution is 7.14. The van der Waals surface area contributed by atoms with Gasteiger partial charge in [-0.15, -0.1) is 11.3 Å². The van der Waals surface area contributed by atoms with E-state index in [0.29, 0.717) is 16.6 Å². The number of amides is 1. The highest BCUT2D eigenvalue weighted by Gasteiger charge is 2.19. The zero-order valence-corrected chi connectivity index (χ0v) is 15.6. The normalized spacial score (nSPS) is 16.1. The Morgan fingerprint density at radius 1 is 1.12 bits per heavy atom. The van der Waals surface area contributed by atoms with E-state index in [0.717, 1.165) is 5.69 Å². The number of hydrogen-bond donors (Lipinski definition) is 1. The van der Waals surface area contributed by atoms with Crippen molar-refractivity contribution in [1.29, 1.82) is 0 Å². The predicted molar refractivity (Wildman–Crippen MR) is 101 cm³/mol. The molecule has 0 atom stereocenters. The molecule has 128 valence electrons. The van der Waals surface area contributed by atoms with Crippen molar-refractivity contribution in [3.8, 4) is 0 Å². The number of rotatable bonds is 3. The molecule has 3 nitrogen and oxygen atoms in total. The topological polar surface area (TPSA) is 42.0 Å². The summed E-state index contributed by atoms with van der Waals surface area (Å²) < 4.78 is 0. The number of anilines is 1. The molecule has 1 aliphatic rings. The number of nitrogens with zero attached hydrogens (tertiary/aromatic N) is 1. The van der Waals surface area contributed by atoms with Crippen molar-refractivity contribution in [3.63, 3.8) is 0 Å². The van der Waals surface area contributed by atoms with Crippen LogP contribution in [0.5, 0.6) is 0 Å². The molecule has 24 heavy (non-hydrogen) atoms. The van der Waals surface area contributed by atoms with Crippen molar-refractivity contribution in [2.24, 2.45) is 0 Å². The van der Waals surface area contributed by atoms with E-state index >= 15 is 0 Å². The van der Waals surface area contributed by atoms with Crippen LogP contribution in [0.4, 0.5) is 5.13 Å². The maximum absolute atomic E-state index is 12.4. The Balaban J connectivity index is 1.65. The van der Waals surface area contributed by atoms with E-state index in [-0.39, 0.29) is 11.3 Å². The summed E-state index contributed by atoms with van der Waals surface area (Å²) in [5.74, 6) is 0.492. The summed E-state index contributed by atoms with van der Waals surface area (Å²) in [7, 11) is 0. The van der Waals surface area contributed by atoms with Crippen LogP contribution in [0.3, 0.4) is 0 Å². The molecule has 1 amide bonds. The lowest BCUT2D eigenvalue weighted by Crippen LogP contribution is -2.14. The standard InChI is InChI=1S/C20H26N2OS/c1-20(2,3)16-11-9-15(10-12-16)18(23)22-19-21-17(13-24-19)14-7-5-4-6-8-14/h9-14H,4-8H2,1-3H3,(H,21,22,23). The first-order chi connectivity index (χ1) is 11.4. The van der Waals surface area contributed by atoms with Crippen LogP contribution >= 0.6 is 11.3 Å². The Hall–Kier alpha value is -1.68. The SMILES string of the molecule is CC(C)(C)c1ccc(C(=O)Nc2nc(C3CCCCC3)cs2)cc1. The molecule has 1 heterocycles. The van der Waals surface area contributed by atoms with Crippen LogP contribution in [0.1, 0.15) is 80.4 Å². The number of hydrogen-bond acceptors (Lipinski definition) is 3. The Bertz CT molecular complexity index is 691. The van der Waals surface area contributed by atoms with Crippen molar-refractivity contribution in [1.82, 2.24) is 4.98 Å². The molecule has 0 spiro atoms. The van der Waals surface area contributed by atoms with Crippen molar-refractivity contribution in [3.05, 3.63) is 46.5 Å². The van der Waals surface area contributed by atoms with Gasteiger partial charge in [0.05, 0.1) is 5.69 Å². The van der Waals surface area contributed by atoms with Gasteiger partial charge in [-0.3, -0.25) is 10.1 Å². The molecule has 0 radical (unpaired) electrons. The summed E-state index contributed by atoms with van der Waals surface area (Å²) in [4.78, 5) is 17.1. The Kier molecular flexibility index (Phi) is 5.04. The first-order valence-electron chi connectivity index (χ1n) is 8.81. The predicted octanol–water partition coefficient (Wildman–Crippen LogP) is 5.74. The minimum absolute atomic E-state index is 0.0833. The molecular weight excluding hydrogens is 316 g/mol.